The van der Waals surface area contributed by atoms with E-state index in [0.717, 1.165) is 20.9 Å². The number of anilines is 1. The highest BCUT2D eigenvalue weighted by Gasteiger charge is 2.28. The molecule has 58 heavy (non-hydrogen) atoms. The number of rotatable bonds is 17. The third kappa shape index (κ3) is 10.3. The van der Waals surface area contributed by atoms with E-state index >= 15 is 0 Å². The van der Waals surface area contributed by atoms with Gasteiger partial charge in [0, 0.05) is 42.1 Å². The third-order valence-electron chi connectivity index (χ3n) is 9.63. The van der Waals surface area contributed by atoms with Crippen molar-refractivity contribution in [3.05, 3.63) is 121 Å². The summed E-state index contributed by atoms with van der Waals surface area (Å²) in [7, 11) is -5.20. The van der Waals surface area contributed by atoms with E-state index in [-0.39, 0.29) is 52.5 Å². The van der Waals surface area contributed by atoms with Crippen molar-refractivity contribution in [2.75, 3.05) is 25.5 Å². The topological polar surface area (TPSA) is 166 Å². The molecular formula is C39H42BCl2F2N7O6S. The molecule has 13 nitrogen and oxygen atoms in total. The summed E-state index contributed by atoms with van der Waals surface area (Å²) in [5.41, 5.74) is 3.94. The molecule has 19 heteroatoms. The fraction of sp³-hybridized carbons (Fsp3) is 0.308. The van der Waals surface area contributed by atoms with Crippen LogP contribution in [-0.4, -0.2) is 67.8 Å². The van der Waals surface area contributed by atoms with E-state index < -0.39 is 34.9 Å². The number of carbonyl (C=O) groups is 2. The minimum absolute atomic E-state index is 0.0487. The van der Waals surface area contributed by atoms with Crippen LogP contribution in [0.25, 0.3) is 6.08 Å². The largest absolute Gasteiger partial charge is 0.677 e. The normalized spacial score (nSPS) is 13.7. The number of benzene rings is 2. The van der Waals surface area contributed by atoms with Gasteiger partial charge in [0.25, 0.3) is 5.56 Å². The molecule has 0 saturated carbocycles. The second kappa shape index (κ2) is 19.1. The van der Waals surface area contributed by atoms with Gasteiger partial charge in [0.15, 0.2) is 0 Å². The standard InChI is InChI=1S/C39H42BCl2F2N7O6S/c1-23-8-11-29(49-38(53)26(4)51-39(54)37(42)32(41)22-46-51)21-35(23)58(55,56)47-19-7-6-18-45-36(52)17-15-31-24(2)34(50(25(31)3)40(43)44)20-28-12-16-33(48-28)27-9-13-30(57-5)14-10-27/h8-14,16,20-22,26,47H,6-7,15,17-19H2,1-5H3,(H,45,52)(H,49,53)/b28-20-/t26-/m0/s1. The Hall–Kier alpha value is -5.10. The van der Waals surface area contributed by atoms with E-state index in [4.69, 9.17) is 27.9 Å². The van der Waals surface area contributed by atoms with E-state index in [1.54, 1.807) is 46.1 Å². The molecule has 0 bridgehead atoms. The Labute approximate surface area is 345 Å². The van der Waals surface area contributed by atoms with Crippen molar-refractivity contribution in [2.45, 2.75) is 64.3 Å². The van der Waals surface area contributed by atoms with Gasteiger partial charge in [0.05, 0.1) is 34.6 Å². The molecule has 1 aliphatic rings. The molecule has 0 spiro atoms. The quantitative estimate of drug-likeness (QED) is 0.0810. The molecule has 2 aromatic heterocycles. The molecule has 0 aliphatic carbocycles. The molecule has 2 amide bonds. The van der Waals surface area contributed by atoms with Crippen LogP contribution < -0.4 is 25.7 Å². The van der Waals surface area contributed by atoms with Crippen molar-refractivity contribution in [3.63, 3.8) is 0 Å². The first-order valence-corrected chi connectivity index (χ1v) is 20.5. The van der Waals surface area contributed by atoms with Gasteiger partial charge in [-0.05, 0) is 118 Å². The lowest BCUT2D eigenvalue weighted by atomic mass is 10.0. The fourth-order valence-corrected chi connectivity index (χ4v) is 7.97. The number of sulfonamides is 1. The highest BCUT2D eigenvalue weighted by Crippen LogP contribution is 2.29. The second-order valence-corrected chi connectivity index (χ2v) is 16.0. The van der Waals surface area contributed by atoms with Gasteiger partial charge in [-0.15, -0.1) is 0 Å². The van der Waals surface area contributed by atoms with E-state index in [2.05, 4.69) is 25.4 Å². The van der Waals surface area contributed by atoms with Crippen LogP contribution in [-0.2, 0) is 26.0 Å². The first-order valence-electron chi connectivity index (χ1n) is 18.2. The SMILES string of the molecule is COc1ccc(C2=N/C(=C\c3c(C)c(CCC(=O)NCCCCNS(=O)(=O)c4cc(NC(=O)[C@H](C)n5ncc(Cl)c(Cl)c5=O)ccc4C)c(C)n3B(F)F)C=C2)cc1. The Morgan fingerprint density at radius 2 is 1.74 bits per heavy atom. The number of amides is 2. The number of methoxy groups -OCH3 is 1. The summed E-state index contributed by atoms with van der Waals surface area (Å²) < 4.78 is 64.6. The molecule has 0 fully saturated rings. The molecule has 3 heterocycles. The van der Waals surface area contributed by atoms with Crippen molar-refractivity contribution in [1.29, 1.82) is 0 Å². The van der Waals surface area contributed by atoms with Gasteiger partial charge in [-0.2, -0.15) is 5.10 Å². The van der Waals surface area contributed by atoms with Crippen LogP contribution >= 0.6 is 23.2 Å². The number of aliphatic imine (C=N–C) groups is 1. The average molecular weight is 857 g/mol. The number of aromatic nitrogens is 3. The molecule has 1 aliphatic heterocycles. The van der Waals surface area contributed by atoms with Gasteiger partial charge >= 0.3 is 7.40 Å². The molecule has 0 unspecified atom stereocenters. The van der Waals surface area contributed by atoms with Crippen molar-refractivity contribution in [1.82, 2.24) is 24.3 Å². The first-order chi connectivity index (χ1) is 27.5. The summed E-state index contributed by atoms with van der Waals surface area (Å²) in [6, 6.07) is 10.7. The van der Waals surface area contributed by atoms with Crippen LogP contribution in [0.1, 0.15) is 65.9 Å². The van der Waals surface area contributed by atoms with Crippen LogP contribution in [0, 0.1) is 20.8 Å². The zero-order chi connectivity index (χ0) is 42.3. The molecule has 0 saturated heterocycles. The Morgan fingerprint density at radius 3 is 2.43 bits per heavy atom. The highest BCUT2D eigenvalue weighted by atomic mass is 35.5. The van der Waals surface area contributed by atoms with Gasteiger partial charge in [0.2, 0.25) is 21.8 Å². The number of allylic oxidation sites excluding steroid dienone is 2. The monoisotopic (exact) mass is 855 g/mol. The Morgan fingerprint density at radius 1 is 1.03 bits per heavy atom. The van der Waals surface area contributed by atoms with E-state index in [0.29, 0.717) is 58.1 Å². The van der Waals surface area contributed by atoms with E-state index in [1.807, 2.05) is 30.3 Å². The molecular weight excluding hydrogens is 814 g/mol. The van der Waals surface area contributed by atoms with E-state index in [1.165, 1.54) is 19.1 Å². The number of hydrogen-bond donors (Lipinski definition) is 3. The lowest BCUT2D eigenvalue weighted by Crippen LogP contribution is -2.33. The van der Waals surface area contributed by atoms with Crippen LogP contribution in [0.5, 0.6) is 5.75 Å². The van der Waals surface area contributed by atoms with Gasteiger partial charge in [-0.3, -0.25) is 23.0 Å². The van der Waals surface area contributed by atoms with Gasteiger partial charge < -0.3 is 19.8 Å². The van der Waals surface area contributed by atoms with Crippen molar-refractivity contribution >= 4 is 69.9 Å². The van der Waals surface area contributed by atoms with Crippen LogP contribution in [0.3, 0.4) is 0 Å². The number of unbranched alkanes of at least 4 members (excludes halogenated alkanes) is 1. The van der Waals surface area contributed by atoms with Crippen LogP contribution in [0.4, 0.5) is 14.3 Å². The fourth-order valence-electron chi connectivity index (χ4n) is 6.37. The molecule has 2 aromatic carbocycles. The van der Waals surface area contributed by atoms with Crippen LogP contribution in [0.2, 0.25) is 10.0 Å². The predicted octanol–water partition coefficient (Wildman–Crippen LogP) is 6.46. The highest BCUT2D eigenvalue weighted by molar-refractivity contribution is 7.89. The number of carbonyl (C=O) groups excluding carboxylic acids is 2. The van der Waals surface area contributed by atoms with Crippen molar-refractivity contribution in [2.24, 2.45) is 4.99 Å². The molecule has 3 N–H and O–H groups in total. The Kier molecular flexibility index (Phi) is 14.5. The lowest BCUT2D eigenvalue weighted by molar-refractivity contribution is -0.121. The number of nitrogens with one attached hydrogen (secondary N) is 3. The number of ether oxygens (including phenoxy) is 1. The van der Waals surface area contributed by atoms with Gasteiger partial charge in [-0.1, -0.05) is 29.3 Å². The average Bonchev–Trinajstić information content (AvgIpc) is 3.75. The summed E-state index contributed by atoms with van der Waals surface area (Å²) >= 11 is 11.7. The van der Waals surface area contributed by atoms with Crippen molar-refractivity contribution < 1.29 is 31.4 Å². The van der Waals surface area contributed by atoms with Crippen molar-refractivity contribution in [3.8, 4) is 5.75 Å². The third-order valence-corrected chi connectivity index (χ3v) is 12.0. The predicted molar refractivity (Wildman–Crippen MR) is 223 cm³/mol. The van der Waals surface area contributed by atoms with Gasteiger partial charge in [-0.25, -0.2) is 22.8 Å². The molecule has 5 rings (SSSR count). The number of halogens is 4. The summed E-state index contributed by atoms with van der Waals surface area (Å²) in [5.74, 6) is -0.192. The summed E-state index contributed by atoms with van der Waals surface area (Å²) in [6.07, 6.45) is 7.55. The Balaban J connectivity index is 1.10. The molecule has 306 valence electrons. The summed E-state index contributed by atoms with van der Waals surface area (Å²) in [4.78, 5) is 42.6. The van der Waals surface area contributed by atoms with Crippen LogP contribution in [0.15, 0.2) is 81.2 Å². The summed E-state index contributed by atoms with van der Waals surface area (Å²) in [5, 5.41) is 8.95. The number of nitrogens with zero attached hydrogens (tertiary/aromatic N) is 4. The zero-order valence-corrected chi connectivity index (χ0v) is 34.7. The molecule has 4 aromatic rings. The lowest BCUT2D eigenvalue weighted by Gasteiger charge is -2.16. The maximum atomic E-state index is 14.3. The maximum Gasteiger partial charge on any atom is 0.677 e. The smallest absolute Gasteiger partial charge is 0.497 e. The Bertz CT molecular complexity index is 2470. The molecule has 0 radical (unpaired) electrons. The maximum absolute atomic E-state index is 14.3. The second-order valence-electron chi connectivity index (χ2n) is 13.5. The number of hydrogen-bond acceptors (Lipinski definition) is 8. The van der Waals surface area contributed by atoms with Gasteiger partial charge in [0.1, 0.15) is 16.8 Å². The minimum Gasteiger partial charge on any atom is -0.497 e. The summed E-state index contributed by atoms with van der Waals surface area (Å²) in [6.45, 7) is 6.77. The first kappa shape index (κ1) is 44.0. The molecule has 1 atom stereocenters. The zero-order valence-electron chi connectivity index (χ0n) is 32.4. The minimum atomic E-state index is -3.99. The van der Waals surface area contributed by atoms with E-state index in [9.17, 15) is 31.4 Å². The number of aryl methyl sites for hydroxylation is 1.